The number of benzene rings is 1. The van der Waals surface area contributed by atoms with Crippen LogP contribution in [0.4, 0.5) is 5.82 Å². The van der Waals surface area contributed by atoms with Gasteiger partial charge in [0, 0.05) is 38.4 Å². The van der Waals surface area contributed by atoms with E-state index in [-0.39, 0.29) is 24.0 Å². The zero-order valence-corrected chi connectivity index (χ0v) is 18.6. The lowest BCUT2D eigenvalue weighted by molar-refractivity contribution is 0.408. The molecule has 0 amide bonds. The normalized spacial score (nSPS) is 10.7. The molecule has 0 atom stereocenters. The second-order valence-electron chi connectivity index (χ2n) is 6.02. The van der Waals surface area contributed by atoms with E-state index in [1.54, 1.807) is 20.4 Å². The first-order chi connectivity index (χ1) is 12.7. The molecule has 6 nitrogen and oxygen atoms in total. The van der Waals surface area contributed by atoms with Crippen LogP contribution in [0.15, 0.2) is 47.6 Å². The van der Waals surface area contributed by atoms with Crippen LogP contribution in [0.25, 0.3) is 0 Å². The van der Waals surface area contributed by atoms with Crippen molar-refractivity contribution in [2.24, 2.45) is 4.99 Å². The number of nitrogens with zero attached hydrogens (tertiary/aromatic N) is 2. The number of nitrogens with one attached hydrogen (secondary N) is 3. The summed E-state index contributed by atoms with van der Waals surface area (Å²) in [4.78, 5) is 8.51. The van der Waals surface area contributed by atoms with Gasteiger partial charge in [-0.2, -0.15) is 0 Å². The highest BCUT2D eigenvalue weighted by atomic mass is 127. The summed E-state index contributed by atoms with van der Waals surface area (Å²) in [6, 6.07) is 12.1. The van der Waals surface area contributed by atoms with Crippen LogP contribution in [0, 0.1) is 6.92 Å². The number of rotatable bonds is 9. The van der Waals surface area contributed by atoms with Gasteiger partial charge in [0.05, 0.1) is 7.11 Å². The zero-order chi connectivity index (χ0) is 18.6. The third-order valence-electron chi connectivity index (χ3n) is 3.98. The number of aryl methyl sites for hydroxylation is 1. The molecule has 0 saturated heterocycles. The van der Waals surface area contributed by atoms with Crippen molar-refractivity contribution >= 4 is 35.8 Å². The van der Waals surface area contributed by atoms with Gasteiger partial charge < -0.3 is 20.7 Å². The number of aromatic nitrogens is 1. The number of anilines is 1. The average Bonchev–Trinajstić information content (AvgIpc) is 2.68. The number of halogens is 1. The minimum Gasteiger partial charge on any atom is -0.496 e. The van der Waals surface area contributed by atoms with Crippen molar-refractivity contribution in [2.45, 2.75) is 26.3 Å². The quantitative estimate of drug-likeness (QED) is 0.220. The van der Waals surface area contributed by atoms with Crippen LogP contribution in [0.1, 0.15) is 24.0 Å². The van der Waals surface area contributed by atoms with Gasteiger partial charge in [-0.1, -0.05) is 18.2 Å². The molecule has 0 aliphatic heterocycles. The standard InChI is InChI=1S/C20H29N5O.HI/c1-16-9-10-17(18(14-16)26-3)15-25-20(21-2)24-13-7-6-12-23-19-8-4-5-11-22-19;/h4-5,8-11,14H,6-7,12-13,15H2,1-3H3,(H,22,23)(H2,21,24,25);1H. The van der Waals surface area contributed by atoms with E-state index in [0.29, 0.717) is 6.54 Å². The van der Waals surface area contributed by atoms with E-state index in [2.05, 4.69) is 45.0 Å². The van der Waals surface area contributed by atoms with Gasteiger partial charge in [0.15, 0.2) is 5.96 Å². The molecule has 2 rings (SSSR count). The maximum atomic E-state index is 5.44. The predicted octanol–water partition coefficient (Wildman–Crippen LogP) is 3.57. The van der Waals surface area contributed by atoms with Crippen LogP contribution >= 0.6 is 24.0 Å². The van der Waals surface area contributed by atoms with Gasteiger partial charge in [0.25, 0.3) is 0 Å². The summed E-state index contributed by atoms with van der Waals surface area (Å²) in [6.45, 7) is 4.51. The third-order valence-corrected chi connectivity index (χ3v) is 3.98. The summed E-state index contributed by atoms with van der Waals surface area (Å²) in [5.74, 6) is 2.61. The molecule has 0 bridgehead atoms. The van der Waals surface area contributed by atoms with Crippen molar-refractivity contribution in [1.29, 1.82) is 0 Å². The van der Waals surface area contributed by atoms with E-state index >= 15 is 0 Å². The van der Waals surface area contributed by atoms with Crippen LogP contribution in [0.3, 0.4) is 0 Å². The lowest BCUT2D eigenvalue weighted by Gasteiger charge is -2.14. The molecule has 1 heterocycles. The van der Waals surface area contributed by atoms with Gasteiger partial charge in [0.2, 0.25) is 0 Å². The largest absolute Gasteiger partial charge is 0.496 e. The number of ether oxygens (including phenoxy) is 1. The van der Waals surface area contributed by atoms with Crippen molar-refractivity contribution in [3.05, 3.63) is 53.7 Å². The monoisotopic (exact) mass is 483 g/mol. The first kappa shape index (κ1) is 23.0. The summed E-state index contributed by atoms with van der Waals surface area (Å²) in [7, 11) is 3.48. The van der Waals surface area contributed by atoms with Crippen LogP contribution in [-0.4, -0.2) is 38.2 Å². The number of hydrogen-bond donors (Lipinski definition) is 3. The second kappa shape index (κ2) is 13.2. The fourth-order valence-corrected chi connectivity index (χ4v) is 2.54. The van der Waals surface area contributed by atoms with Gasteiger partial charge in [0.1, 0.15) is 11.6 Å². The molecular formula is C20H30IN5O. The van der Waals surface area contributed by atoms with E-state index in [0.717, 1.165) is 49.0 Å². The maximum Gasteiger partial charge on any atom is 0.191 e. The number of methoxy groups -OCH3 is 1. The minimum atomic E-state index is 0. The summed E-state index contributed by atoms with van der Waals surface area (Å²) in [5, 5.41) is 9.98. The van der Waals surface area contributed by atoms with Crippen LogP contribution < -0.4 is 20.7 Å². The molecule has 0 radical (unpaired) electrons. The molecule has 1 aromatic carbocycles. The molecule has 0 spiro atoms. The lowest BCUT2D eigenvalue weighted by Crippen LogP contribution is -2.37. The van der Waals surface area contributed by atoms with Crippen LogP contribution in [-0.2, 0) is 6.54 Å². The molecule has 27 heavy (non-hydrogen) atoms. The molecule has 1 aromatic heterocycles. The van der Waals surface area contributed by atoms with Gasteiger partial charge >= 0.3 is 0 Å². The smallest absolute Gasteiger partial charge is 0.191 e. The predicted molar refractivity (Wildman–Crippen MR) is 123 cm³/mol. The van der Waals surface area contributed by atoms with E-state index in [1.165, 1.54) is 5.56 Å². The van der Waals surface area contributed by atoms with Gasteiger partial charge in [-0.15, -0.1) is 24.0 Å². The number of hydrogen-bond acceptors (Lipinski definition) is 4. The Balaban J connectivity index is 0.00000364. The Labute approximate surface area is 179 Å². The molecule has 0 saturated carbocycles. The first-order valence-electron chi connectivity index (χ1n) is 8.96. The zero-order valence-electron chi connectivity index (χ0n) is 16.3. The number of pyridine rings is 1. The number of guanidine groups is 1. The van der Waals surface area contributed by atoms with Gasteiger partial charge in [-0.3, -0.25) is 4.99 Å². The molecule has 0 aliphatic carbocycles. The van der Waals surface area contributed by atoms with Gasteiger partial charge in [-0.25, -0.2) is 4.98 Å². The highest BCUT2D eigenvalue weighted by Gasteiger charge is 2.04. The Morgan fingerprint density at radius 1 is 1.11 bits per heavy atom. The van der Waals surface area contributed by atoms with E-state index in [4.69, 9.17) is 4.74 Å². The molecule has 0 fully saturated rings. The van der Waals surface area contributed by atoms with Crippen molar-refractivity contribution in [1.82, 2.24) is 15.6 Å². The minimum absolute atomic E-state index is 0. The highest BCUT2D eigenvalue weighted by Crippen LogP contribution is 2.19. The Hall–Kier alpha value is -2.03. The SMILES string of the molecule is CN=C(NCCCCNc1ccccn1)NCc1ccc(C)cc1OC.I. The Morgan fingerprint density at radius 2 is 1.93 bits per heavy atom. The fourth-order valence-electron chi connectivity index (χ4n) is 2.54. The molecule has 0 unspecified atom stereocenters. The number of unbranched alkanes of at least 4 members (excludes halogenated alkanes) is 1. The average molecular weight is 483 g/mol. The topological polar surface area (TPSA) is 70.6 Å². The molecule has 148 valence electrons. The van der Waals surface area contributed by atoms with Crippen molar-refractivity contribution < 1.29 is 4.74 Å². The van der Waals surface area contributed by atoms with Crippen molar-refractivity contribution in [3.63, 3.8) is 0 Å². The molecule has 7 heteroatoms. The summed E-state index contributed by atoms with van der Waals surface area (Å²) in [5.41, 5.74) is 2.30. The molecule has 3 N–H and O–H groups in total. The fraction of sp³-hybridized carbons (Fsp3) is 0.400. The van der Waals surface area contributed by atoms with Crippen LogP contribution in [0.5, 0.6) is 5.75 Å². The molecule has 2 aromatic rings. The Kier molecular flexibility index (Phi) is 11.2. The maximum absolute atomic E-state index is 5.44. The van der Waals surface area contributed by atoms with Crippen LogP contribution in [0.2, 0.25) is 0 Å². The summed E-state index contributed by atoms with van der Waals surface area (Å²) >= 11 is 0. The lowest BCUT2D eigenvalue weighted by atomic mass is 10.1. The Bertz CT molecular complexity index is 694. The molecular weight excluding hydrogens is 453 g/mol. The van der Waals surface area contributed by atoms with E-state index in [9.17, 15) is 0 Å². The summed E-state index contributed by atoms with van der Waals surface area (Å²) < 4.78 is 5.44. The van der Waals surface area contributed by atoms with E-state index in [1.807, 2.05) is 24.3 Å². The Morgan fingerprint density at radius 3 is 2.63 bits per heavy atom. The molecule has 0 aliphatic rings. The number of aliphatic imine (C=N–C) groups is 1. The van der Waals surface area contributed by atoms with Gasteiger partial charge in [-0.05, 0) is 43.5 Å². The van der Waals surface area contributed by atoms with E-state index < -0.39 is 0 Å². The summed E-state index contributed by atoms with van der Waals surface area (Å²) in [6.07, 6.45) is 3.91. The second-order valence-corrected chi connectivity index (χ2v) is 6.02. The first-order valence-corrected chi connectivity index (χ1v) is 8.96. The van der Waals surface area contributed by atoms with Crippen molar-refractivity contribution in [3.8, 4) is 5.75 Å². The van der Waals surface area contributed by atoms with Crippen molar-refractivity contribution in [2.75, 3.05) is 32.6 Å². The third kappa shape index (κ3) is 8.47. The highest BCUT2D eigenvalue weighted by molar-refractivity contribution is 14.0.